The second kappa shape index (κ2) is 7.77. The van der Waals surface area contributed by atoms with Gasteiger partial charge in [0.25, 0.3) is 5.91 Å². The van der Waals surface area contributed by atoms with E-state index in [2.05, 4.69) is 10.8 Å². The molecule has 0 saturated carbocycles. The number of hydrogen-bond acceptors (Lipinski definition) is 4. The molecular weight excluding hydrogens is 371 g/mol. The molecule has 1 heterocycles. The summed E-state index contributed by atoms with van der Waals surface area (Å²) >= 11 is 0. The number of hydroxylamine groups is 1. The molecule has 0 radical (unpaired) electrons. The lowest BCUT2D eigenvalue weighted by Gasteiger charge is -2.10. The molecule has 0 atom stereocenters. The van der Waals surface area contributed by atoms with Gasteiger partial charge in [-0.1, -0.05) is 30.3 Å². The third-order valence-corrected chi connectivity index (χ3v) is 4.71. The summed E-state index contributed by atoms with van der Waals surface area (Å²) in [6.45, 7) is 0. The van der Waals surface area contributed by atoms with Crippen molar-refractivity contribution in [1.82, 2.24) is 5.48 Å². The van der Waals surface area contributed by atoms with Crippen LogP contribution in [-0.4, -0.2) is 20.1 Å². The highest BCUT2D eigenvalue weighted by Crippen LogP contribution is 2.39. The Morgan fingerprint density at radius 1 is 1.00 bits per heavy atom. The van der Waals surface area contributed by atoms with Gasteiger partial charge in [-0.3, -0.25) is 9.63 Å². The van der Waals surface area contributed by atoms with Crippen LogP contribution >= 0.6 is 0 Å². The molecule has 0 unspecified atom stereocenters. The Hall–Kier alpha value is -3.64. The topological polar surface area (TPSA) is 63.5 Å². The van der Waals surface area contributed by atoms with Crippen LogP contribution in [0, 0.1) is 5.82 Å². The molecule has 0 saturated heterocycles. The van der Waals surface area contributed by atoms with E-state index < -0.39 is 5.91 Å². The molecule has 4 rings (SSSR count). The number of nitrogens with one attached hydrogen (secondary N) is 2. The quantitative estimate of drug-likeness (QED) is 0.458. The van der Waals surface area contributed by atoms with Crippen LogP contribution in [0.5, 0.6) is 0 Å². The average molecular weight is 390 g/mol. The molecule has 29 heavy (non-hydrogen) atoms. The number of hydrogen-bond donors (Lipinski definition) is 2. The number of halogens is 1. The van der Waals surface area contributed by atoms with E-state index in [0.717, 1.165) is 16.8 Å². The Labute approximate surface area is 167 Å². The van der Waals surface area contributed by atoms with Crippen molar-refractivity contribution < 1.29 is 18.4 Å². The fourth-order valence-electron chi connectivity index (χ4n) is 3.38. The van der Waals surface area contributed by atoms with Gasteiger partial charge in [-0.05, 0) is 35.9 Å². The molecule has 3 aromatic carbocycles. The van der Waals surface area contributed by atoms with Gasteiger partial charge in [0.05, 0.1) is 12.7 Å². The zero-order valence-electron chi connectivity index (χ0n) is 16.0. The zero-order valence-corrected chi connectivity index (χ0v) is 16.0. The molecule has 146 valence electrons. The highest BCUT2D eigenvalue weighted by Gasteiger charge is 2.24. The van der Waals surface area contributed by atoms with Crippen molar-refractivity contribution in [1.29, 1.82) is 0 Å². The monoisotopic (exact) mass is 390 g/mol. The maximum Gasteiger partial charge on any atom is 0.279 e. The maximum atomic E-state index is 13.4. The van der Waals surface area contributed by atoms with Crippen LogP contribution in [0.15, 0.2) is 71.1 Å². The van der Waals surface area contributed by atoms with Gasteiger partial charge in [0, 0.05) is 35.3 Å². The second-order valence-corrected chi connectivity index (χ2v) is 6.46. The summed E-state index contributed by atoms with van der Waals surface area (Å²) in [5.74, 6) is -0.458. The van der Waals surface area contributed by atoms with Crippen molar-refractivity contribution in [3.8, 4) is 22.5 Å². The number of amides is 1. The second-order valence-electron chi connectivity index (χ2n) is 6.46. The molecule has 6 heteroatoms. The van der Waals surface area contributed by atoms with Gasteiger partial charge >= 0.3 is 0 Å². The smallest absolute Gasteiger partial charge is 0.279 e. The van der Waals surface area contributed by atoms with Gasteiger partial charge in [0.1, 0.15) is 17.2 Å². The van der Waals surface area contributed by atoms with Crippen molar-refractivity contribution in [3.63, 3.8) is 0 Å². The molecule has 1 amide bonds. The molecule has 0 aliphatic heterocycles. The van der Waals surface area contributed by atoms with E-state index in [-0.39, 0.29) is 5.82 Å². The molecule has 0 aliphatic rings. The minimum Gasteiger partial charge on any atom is -0.455 e. The number of carbonyl (C=O) groups excluding carboxylic acids is 1. The predicted molar refractivity (Wildman–Crippen MR) is 111 cm³/mol. The minimum atomic E-state index is -0.443. The average Bonchev–Trinajstić information content (AvgIpc) is 3.12. The van der Waals surface area contributed by atoms with Crippen LogP contribution in [0.3, 0.4) is 0 Å². The number of anilines is 1. The highest BCUT2D eigenvalue weighted by molar-refractivity contribution is 6.12. The Bertz CT molecular complexity index is 1170. The number of rotatable bonds is 5. The summed E-state index contributed by atoms with van der Waals surface area (Å²) in [5, 5.41) is 3.82. The normalized spacial score (nSPS) is 10.9. The van der Waals surface area contributed by atoms with Crippen LogP contribution in [0.25, 0.3) is 33.4 Å². The van der Waals surface area contributed by atoms with E-state index in [1.54, 1.807) is 12.1 Å². The fraction of sp³-hybridized carbons (Fsp3) is 0.0870. The summed E-state index contributed by atoms with van der Waals surface area (Å²) < 4.78 is 19.4. The number of carbonyl (C=O) groups is 1. The lowest BCUT2D eigenvalue weighted by atomic mass is 9.98. The summed E-state index contributed by atoms with van der Waals surface area (Å²) in [7, 11) is 3.20. The first-order valence-electron chi connectivity index (χ1n) is 9.05. The molecule has 1 aromatic heterocycles. The first kappa shape index (κ1) is 18.7. The first-order valence-corrected chi connectivity index (χ1v) is 9.05. The van der Waals surface area contributed by atoms with Crippen molar-refractivity contribution in [2.45, 2.75) is 0 Å². The van der Waals surface area contributed by atoms with Gasteiger partial charge in [0.15, 0.2) is 0 Å². The third kappa shape index (κ3) is 3.46. The molecule has 2 N–H and O–H groups in total. The Morgan fingerprint density at radius 3 is 2.38 bits per heavy atom. The van der Waals surface area contributed by atoms with E-state index in [9.17, 15) is 9.18 Å². The van der Waals surface area contributed by atoms with Gasteiger partial charge in [-0.2, -0.15) is 0 Å². The van der Waals surface area contributed by atoms with E-state index in [0.29, 0.717) is 27.9 Å². The van der Waals surface area contributed by atoms with Crippen molar-refractivity contribution in [2.75, 3.05) is 19.5 Å². The van der Waals surface area contributed by atoms with Crippen molar-refractivity contribution in [3.05, 3.63) is 78.1 Å². The number of fused-ring (bicyclic) bond motifs is 1. The summed E-state index contributed by atoms with van der Waals surface area (Å²) in [5.41, 5.74) is 6.61. The largest absolute Gasteiger partial charge is 0.455 e. The van der Waals surface area contributed by atoms with Gasteiger partial charge < -0.3 is 9.73 Å². The standard InChI is InChI=1S/C23H19FN2O3/c1-25-19-13-20-18(12-17(19)14-6-4-3-5-7-14)21(23(27)26-28-2)22(29-20)15-8-10-16(24)11-9-15/h3-13,25H,1-2H3,(H,26,27). The van der Waals surface area contributed by atoms with Gasteiger partial charge in [0.2, 0.25) is 0 Å². The van der Waals surface area contributed by atoms with Crippen LogP contribution in [-0.2, 0) is 4.84 Å². The predicted octanol–water partition coefficient (Wildman–Crippen LogP) is 5.24. The molecule has 5 nitrogen and oxygen atoms in total. The molecule has 0 aliphatic carbocycles. The van der Waals surface area contributed by atoms with Crippen LogP contribution < -0.4 is 10.8 Å². The fourth-order valence-corrected chi connectivity index (χ4v) is 3.38. The molecule has 0 bridgehead atoms. The van der Waals surface area contributed by atoms with Gasteiger partial charge in [-0.15, -0.1) is 0 Å². The molecule has 0 spiro atoms. The lowest BCUT2D eigenvalue weighted by molar-refractivity contribution is 0.0539. The minimum absolute atomic E-state index is 0.327. The maximum absolute atomic E-state index is 13.4. The van der Waals surface area contributed by atoms with Crippen molar-refractivity contribution >= 4 is 22.6 Å². The number of benzene rings is 3. The summed E-state index contributed by atoms with van der Waals surface area (Å²) in [4.78, 5) is 17.6. The van der Waals surface area contributed by atoms with Crippen LogP contribution in [0.4, 0.5) is 10.1 Å². The van der Waals surface area contributed by atoms with E-state index in [1.165, 1.54) is 19.2 Å². The zero-order chi connectivity index (χ0) is 20.4. The van der Waals surface area contributed by atoms with Gasteiger partial charge in [-0.25, -0.2) is 9.87 Å². The van der Waals surface area contributed by atoms with Crippen LogP contribution in [0.1, 0.15) is 10.4 Å². The van der Waals surface area contributed by atoms with E-state index in [1.807, 2.05) is 49.5 Å². The first-order chi connectivity index (χ1) is 14.1. The highest BCUT2D eigenvalue weighted by atomic mass is 19.1. The lowest BCUT2D eigenvalue weighted by Crippen LogP contribution is -2.22. The Kier molecular flexibility index (Phi) is 5.01. The molecule has 0 fully saturated rings. The SMILES string of the molecule is CNc1cc2oc(-c3ccc(F)cc3)c(C(=O)NOC)c2cc1-c1ccccc1. The third-order valence-electron chi connectivity index (χ3n) is 4.71. The Balaban J connectivity index is 2.00. The van der Waals surface area contributed by atoms with Crippen molar-refractivity contribution in [2.24, 2.45) is 0 Å². The van der Waals surface area contributed by atoms with E-state index >= 15 is 0 Å². The summed E-state index contributed by atoms with van der Waals surface area (Å²) in [6.07, 6.45) is 0. The summed E-state index contributed by atoms with van der Waals surface area (Å²) in [6, 6.07) is 19.4. The van der Waals surface area contributed by atoms with Crippen LogP contribution in [0.2, 0.25) is 0 Å². The van der Waals surface area contributed by atoms with E-state index in [4.69, 9.17) is 9.25 Å². The molecule has 4 aromatic rings. The Morgan fingerprint density at radius 2 is 1.72 bits per heavy atom. The molecular formula is C23H19FN2O3. The number of furan rings is 1.